The van der Waals surface area contributed by atoms with Gasteiger partial charge in [-0.1, -0.05) is 30.3 Å². The Labute approximate surface area is 148 Å². The van der Waals surface area contributed by atoms with Crippen molar-refractivity contribution in [3.05, 3.63) is 65.7 Å². The number of anilines is 1. The van der Waals surface area contributed by atoms with Crippen molar-refractivity contribution in [1.29, 1.82) is 0 Å². The summed E-state index contributed by atoms with van der Waals surface area (Å²) in [4.78, 5) is 17.0. The molecular weight excluding hydrogens is 314 g/mol. The number of amides is 1. The van der Waals surface area contributed by atoms with E-state index in [0.29, 0.717) is 11.3 Å². The van der Waals surface area contributed by atoms with Crippen LogP contribution in [-0.4, -0.2) is 47.1 Å². The van der Waals surface area contributed by atoms with Gasteiger partial charge in [0.2, 0.25) is 0 Å². The lowest BCUT2D eigenvalue weighted by atomic mass is 9.91. The maximum atomic E-state index is 12.7. The molecular formula is C20H25N3O2. The van der Waals surface area contributed by atoms with Gasteiger partial charge in [0.1, 0.15) is 0 Å². The lowest BCUT2D eigenvalue weighted by molar-refractivity contribution is 0.0392. The smallest absolute Gasteiger partial charge is 0.253 e. The summed E-state index contributed by atoms with van der Waals surface area (Å²) in [5.74, 6) is 0.0432. The maximum absolute atomic E-state index is 12.7. The van der Waals surface area contributed by atoms with E-state index in [1.807, 2.05) is 11.0 Å². The summed E-state index contributed by atoms with van der Waals surface area (Å²) in [6.07, 6.45) is 0. The highest BCUT2D eigenvalue weighted by Gasteiger charge is 2.32. The molecule has 2 aromatic rings. The second-order valence-electron chi connectivity index (χ2n) is 6.89. The zero-order chi connectivity index (χ0) is 17.9. The second-order valence-corrected chi connectivity index (χ2v) is 6.89. The Morgan fingerprint density at radius 1 is 0.960 bits per heavy atom. The highest BCUT2D eigenvalue weighted by Crippen LogP contribution is 2.28. The van der Waals surface area contributed by atoms with Gasteiger partial charge in [0.15, 0.2) is 0 Å². The molecule has 0 atom stereocenters. The Hall–Kier alpha value is -2.37. The van der Waals surface area contributed by atoms with Crippen molar-refractivity contribution in [2.24, 2.45) is 0 Å². The predicted octanol–water partition coefficient (Wildman–Crippen LogP) is 3.18. The highest BCUT2D eigenvalue weighted by atomic mass is 16.5. The van der Waals surface area contributed by atoms with Crippen LogP contribution in [-0.2, 0) is 5.54 Å². The fourth-order valence-electron chi connectivity index (χ4n) is 3.37. The summed E-state index contributed by atoms with van der Waals surface area (Å²) in [5, 5.41) is 8.86. The summed E-state index contributed by atoms with van der Waals surface area (Å²) < 4.78 is 0. The van der Waals surface area contributed by atoms with Crippen molar-refractivity contribution in [1.82, 2.24) is 9.80 Å². The first-order valence-corrected chi connectivity index (χ1v) is 8.62. The van der Waals surface area contributed by atoms with Gasteiger partial charge < -0.3 is 4.90 Å². The number of carbonyl (C=O) groups is 1. The van der Waals surface area contributed by atoms with E-state index in [9.17, 15) is 4.79 Å². The Balaban J connectivity index is 1.64. The first-order valence-electron chi connectivity index (χ1n) is 8.62. The molecule has 0 unspecified atom stereocenters. The lowest BCUT2D eigenvalue weighted by Crippen LogP contribution is -2.54. The van der Waals surface area contributed by atoms with E-state index in [1.54, 1.807) is 24.3 Å². The molecule has 1 aliphatic rings. The molecule has 0 spiro atoms. The summed E-state index contributed by atoms with van der Waals surface area (Å²) in [5.41, 5.74) is 4.54. The molecule has 0 aliphatic carbocycles. The molecule has 1 fully saturated rings. The van der Waals surface area contributed by atoms with Gasteiger partial charge in [0, 0.05) is 37.3 Å². The van der Waals surface area contributed by atoms with Crippen molar-refractivity contribution in [3.63, 3.8) is 0 Å². The Morgan fingerprint density at radius 3 is 2.12 bits per heavy atom. The molecule has 1 amide bonds. The normalized spacial score (nSPS) is 15.9. The number of carbonyl (C=O) groups excluding carboxylic acids is 1. The van der Waals surface area contributed by atoms with Gasteiger partial charge in [-0.3, -0.25) is 20.4 Å². The standard InChI is InChI=1S/C20H25N3O2/c1-20(2,17-6-4-3-5-7-17)23-14-12-22(13-15-23)19(24)16-8-10-18(21-25)11-9-16/h3-11,21,25H,12-15H2,1-2H3. The van der Waals surface area contributed by atoms with Gasteiger partial charge in [-0.15, -0.1) is 0 Å². The van der Waals surface area contributed by atoms with Crippen molar-refractivity contribution >= 4 is 11.6 Å². The number of nitrogens with zero attached hydrogens (tertiary/aromatic N) is 2. The maximum Gasteiger partial charge on any atom is 0.253 e. The predicted molar refractivity (Wildman–Crippen MR) is 98.8 cm³/mol. The van der Waals surface area contributed by atoms with Crippen molar-refractivity contribution in [3.8, 4) is 0 Å². The third kappa shape index (κ3) is 3.67. The van der Waals surface area contributed by atoms with Gasteiger partial charge in [-0.2, -0.15) is 0 Å². The number of hydrogen-bond acceptors (Lipinski definition) is 4. The summed E-state index contributed by atoms with van der Waals surface area (Å²) in [6.45, 7) is 7.61. The fourth-order valence-corrected chi connectivity index (χ4v) is 3.37. The first kappa shape index (κ1) is 17.5. The molecule has 3 rings (SSSR count). The van der Waals surface area contributed by atoms with Crippen LogP contribution in [0.3, 0.4) is 0 Å². The average molecular weight is 339 g/mol. The number of hydrogen-bond donors (Lipinski definition) is 2. The lowest BCUT2D eigenvalue weighted by Gasteiger charge is -2.44. The fraction of sp³-hybridized carbons (Fsp3) is 0.350. The van der Waals surface area contributed by atoms with E-state index in [-0.39, 0.29) is 11.4 Å². The zero-order valence-electron chi connectivity index (χ0n) is 14.8. The minimum Gasteiger partial charge on any atom is -0.336 e. The molecule has 0 bridgehead atoms. The monoisotopic (exact) mass is 339 g/mol. The number of nitrogens with one attached hydrogen (secondary N) is 1. The average Bonchev–Trinajstić information content (AvgIpc) is 2.68. The molecule has 0 aromatic heterocycles. The number of piperazine rings is 1. The van der Waals surface area contributed by atoms with Crippen LogP contribution in [0, 0.1) is 0 Å². The highest BCUT2D eigenvalue weighted by molar-refractivity contribution is 5.94. The van der Waals surface area contributed by atoms with E-state index in [4.69, 9.17) is 5.21 Å². The van der Waals surface area contributed by atoms with Crippen LogP contribution in [0.1, 0.15) is 29.8 Å². The molecule has 5 nitrogen and oxygen atoms in total. The molecule has 132 valence electrons. The quantitative estimate of drug-likeness (QED) is 0.840. The van der Waals surface area contributed by atoms with Gasteiger partial charge in [-0.25, -0.2) is 0 Å². The van der Waals surface area contributed by atoms with Crippen LogP contribution >= 0.6 is 0 Å². The zero-order valence-corrected chi connectivity index (χ0v) is 14.8. The molecule has 2 N–H and O–H groups in total. The van der Waals surface area contributed by atoms with Gasteiger partial charge in [0.05, 0.1) is 5.69 Å². The summed E-state index contributed by atoms with van der Waals surface area (Å²) in [7, 11) is 0. The van der Waals surface area contributed by atoms with E-state index in [1.165, 1.54) is 5.56 Å². The van der Waals surface area contributed by atoms with E-state index in [0.717, 1.165) is 26.2 Å². The first-order chi connectivity index (χ1) is 12.0. The van der Waals surface area contributed by atoms with Crippen LogP contribution in [0.2, 0.25) is 0 Å². The SMILES string of the molecule is CC(C)(c1ccccc1)N1CCN(C(=O)c2ccc(NO)cc2)CC1. The van der Waals surface area contributed by atoms with E-state index in [2.05, 4.69) is 48.5 Å². The van der Waals surface area contributed by atoms with Crippen LogP contribution in [0.4, 0.5) is 5.69 Å². The van der Waals surface area contributed by atoms with Gasteiger partial charge in [-0.05, 0) is 43.7 Å². The van der Waals surface area contributed by atoms with Crippen LogP contribution in [0.5, 0.6) is 0 Å². The molecule has 25 heavy (non-hydrogen) atoms. The largest absolute Gasteiger partial charge is 0.336 e. The molecule has 5 heteroatoms. The minimum atomic E-state index is -0.0508. The Morgan fingerprint density at radius 2 is 1.56 bits per heavy atom. The molecule has 1 saturated heterocycles. The molecule has 0 saturated carbocycles. The van der Waals surface area contributed by atoms with Crippen LogP contribution in [0.25, 0.3) is 0 Å². The summed E-state index contributed by atoms with van der Waals surface area (Å²) in [6, 6.07) is 17.4. The third-order valence-corrected chi connectivity index (χ3v) is 5.10. The molecule has 1 heterocycles. The van der Waals surface area contributed by atoms with E-state index < -0.39 is 0 Å². The molecule has 1 aliphatic heterocycles. The molecule has 0 radical (unpaired) electrons. The summed E-state index contributed by atoms with van der Waals surface area (Å²) >= 11 is 0. The van der Waals surface area contributed by atoms with Crippen molar-refractivity contribution < 1.29 is 10.0 Å². The third-order valence-electron chi connectivity index (χ3n) is 5.10. The second kappa shape index (κ2) is 7.25. The van der Waals surface area contributed by atoms with Gasteiger partial charge in [0.25, 0.3) is 5.91 Å². The van der Waals surface area contributed by atoms with Crippen molar-refractivity contribution in [2.45, 2.75) is 19.4 Å². The van der Waals surface area contributed by atoms with Gasteiger partial charge >= 0.3 is 0 Å². The van der Waals surface area contributed by atoms with Crippen LogP contribution in [0.15, 0.2) is 54.6 Å². The van der Waals surface area contributed by atoms with Crippen LogP contribution < -0.4 is 5.48 Å². The Kier molecular flexibility index (Phi) is 5.06. The molecule has 2 aromatic carbocycles. The van der Waals surface area contributed by atoms with E-state index >= 15 is 0 Å². The Bertz CT molecular complexity index is 705. The van der Waals surface area contributed by atoms with Crippen molar-refractivity contribution in [2.75, 3.05) is 31.7 Å². The number of rotatable bonds is 4. The topological polar surface area (TPSA) is 55.8 Å². The minimum absolute atomic E-state index is 0.0432. The number of benzene rings is 2.